The van der Waals surface area contributed by atoms with Gasteiger partial charge in [0.25, 0.3) is 0 Å². The van der Waals surface area contributed by atoms with Crippen molar-refractivity contribution >= 4 is 17.8 Å². The lowest BCUT2D eigenvalue weighted by Gasteiger charge is -2.31. The average Bonchev–Trinajstić information content (AvgIpc) is 3.61. The molecule has 0 spiro atoms. The quantitative estimate of drug-likeness (QED) is 0.372. The van der Waals surface area contributed by atoms with E-state index in [-0.39, 0.29) is 25.2 Å². The first-order chi connectivity index (χ1) is 19.1. The molecule has 4 rings (SSSR count). The van der Waals surface area contributed by atoms with Crippen molar-refractivity contribution in [2.45, 2.75) is 58.4 Å². The fourth-order valence-electron chi connectivity index (χ4n) is 6.25. The SMILES string of the molecule is CCCCN(CCN)C(=O)CN1C[C@H](c2cc(OC)c3c(c2)OCO3)C(C(=O)O)[C@@H]1CCN1CCC(C)(C)C1=O. The number of aliphatic carboxylic acids is 1. The van der Waals surface area contributed by atoms with Gasteiger partial charge >= 0.3 is 5.97 Å². The van der Waals surface area contributed by atoms with Crippen molar-refractivity contribution in [1.29, 1.82) is 0 Å². The van der Waals surface area contributed by atoms with Crippen LogP contribution in [0, 0.1) is 11.3 Å². The van der Waals surface area contributed by atoms with Gasteiger partial charge in [0.15, 0.2) is 11.5 Å². The van der Waals surface area contributed by atoms with Crippen LogP contribution in [0.25, 0.3) is 0 Å². The number of nitrogens with zero attached hydrogens (tertiary/aromatic N) is 3. The van der Waals surface area contributed by atoms with Crippen LogP contribution in [0.4, 0.5) is 0 Å². The molecule has 2 fully saturated rings. The molecule has 3 N–H and O–H groups in total. The van der Waals surface area contributed by atoms with Crippen LogP contribution in [-0.2, 0) is 14.4 Å². The normalized spacial score (nSPS) is 23.6. The molecule has 222 valence electrons. The molecule has 2 saturated heterocycles. The highest BCUT2D eigenvalue weighted by Crippen LogP contribution is 2.47. The number of ether oxygens (including phenoxy) is 3. The number of unbranched alkanes of at least 4 members (excludes halogenated alkanes) is 1. The van der Waals surface area contributed by atoms with Gasteiger partial charge in [0.05, 0.1) is 19.6 Å². The van der Waals surface area contributed by atoms with Crippen molar-refractivity contribution in [1.82, 2.24) is 14.7 Å². The van der Waals surface area contributed by atoms with E-state index >= 15 is 0 Å². The van der Waals surface area contributed by atoms with Gasteiger partial charge in [-0.15, -0.1) is 0 Å². The Bertz CT molecular complexity index is 1090. The van der Waals surface area contributed by atoms with E-state index in [4.69, 9.17) is 19.9 Å². The van der Waals surface area contributed by atoms with E-state index in [1.165, 1.54) is 7.11 Å². The van der Waals surface area contributed by atoms with E-state index in [2.05, 4.69) is 6.92 Å². The van der Waals surface area contributed by atoms with Crippen molar-refractivity contribution in [2.75, 3.05) is 59.7 Å². The Morgan fingerprint density at radius 3 is 2.65 bits per heavy atom. The van der Waals surface area contributed by atoms with E-state index in [1.54, 1.807) is 4.90 Å². The Morgan fingerprint density at radius 2 is 2.02 bits per heavy atom. The van der Waals surface area contributed by atoms with Crippen LogP contribution in [-0.4, -0.2) is 103 Å². The van der Waals surface area contributed by atoms with Gasteiger partial charge in [0.1, 0.15) is 0 Å². The van der Waals surface area contributed by atoms with Crippen LogP contribution in [0.3, 0.4) is 0 Å². The minimum Gasteiger partial charge on any atom is -0.493 e. The number of amides is 2. The molecular formula is C29H44N4O7. The molecule has 0 saturated carbocycles. The van der Waals surface area contributed by atoms with Crippen LogP contribution >= 0.6 is 0 Å². The van der Waals surface area contributed by atoms with Crippen LogP contribution in [0.2, 0.25) is 0 Å². The smallest absolute Gasteiger partial charge is 0.308 e. The first kappa shape index (κ1) is 29.9. The summed E-state index contributed by atoms with van der Waals surface area (Å²) in [6, 6.07) is 3.19. The summed E-state index contributed by atoms with van der Waals surface area (Å²) in [5.41, 5.74) is 6.15. The summed E-state index contributed by atoms with van der Waals surface area (Å²) in [4.78, 5) is 44.8. The second kappa shape index (κ2) is 12.6. The molecule has 1 aromatic carbocycles. The lowest BCUT2D eigenvalue weighted by Crippen LogP contribution is -2.46. The number of rotatable bonds is 13. The second-order valence-electron chi connectivity index (χ2n) is 11.7. The predicted molar refractivity (Wildman–Crippen MR) is 148 cm³/mol. The van der Waals surface area contributed by atoms with Crippen LogP contribution in [0.1, 0.15) is 57.9 Å². The van der Waals surface area contributed by atoms with Crippen LogP contribution in [0.5, 0.6) is 17.2 Å². The van der Waals surface area contributed by atoms with Crippen molar-refractivity contribution in [3.63, 3.8) is 0 Å². The molecule has 0 aliphatic carbocycles. The van der Waals surface area contributed by atoms with Gasteiger partial charge in [0, 0.05) is 56.6 Å². The number of carboxylic acids is 1. The lowest BCUT2D eigenvalue weighted by atomic mass is 9.84. The average molecular weight is 561 g/mol. The molecule has 11 heteroatoms. The maximum atomic E-state index is 13.5. The molecule has 2 amide bonds. The van der Waals surface area contributed by atoms with Crippen molar-refractivity contribution in [3.05, 3.63) is 17.7 Å². The maximum absolute atomic E-state index is 13.5. The first-order valence-corrected chi connectivity index (χ1v) is 14.3. The lowest BCUT2D eigenvalue weighted by molar-refractivity contribution is -0.144. The summed E-state index contributed by atoms with van der Waals surface area (Å²) in [6.45, 7) is 9.04. The van der Waals surface area contributed by atoms with Crippen molar-refractivity contribution < 1.29 is 33.7 Å². The van der Waals surface area contributed by atoms with Crippen LogP contribution < -0.4 is 19.9 Å². The molecule has 1 aromatic rings. The first-order valence-electron chi connectivity index (χ1n) is 14.3. The molecular weight excluding hydrogens is 516 g/mol. The third-order valence-corrected chi connectivity index (χ3v) is 8.58. The Kier molecular flexibility index (Phi) is 9.45. The summed E-state index contributed by atoms with van der Waals surface area (Å²) in [5.74, 6) is -0.601. The van der Waals surface area contributed by atoms with Gasteiger partial charge in [-0.05, 0) is 37.0 Å². The molecule has 0 bridgehead atoms. The Labute approximate surface area is 236 Å². The van der Waals surface area contributed by atoms with E-state index in [1.807, 2.05) is 35.8 Å². The Balaban J connectivity index is 1.63. The number of likely N-dealkylation sites (tertiary alicyclic amines) is 2. The number of carbonyl (C=O) groups is 3. The van der Waals surface area contributed by atoms with Gasteiger partial charge in [-0.2, -0.15) is 0 Å². The summed E-state index contributed by atoms with van der Waals surface area (Å²) in [5, 5.41) is 10.5. The minimum atomic E-state index is -0.931. The maximum Gasteiger partial charge on any atom is 0.308 e. The number of carbonyl (C=O) groups excluding carboxylic acids is 2. The molecule has 3 heterocycles. The monoisotopic (exact) mass is 560 g/mol. The summed E-state index contributed by atoms with van der Waals surface area (Å²) in [6.07, 6.45) is 3.05. The van der Waals surface area contributed by atoms with Gasteiger partial charge < -0.3 is 34.9 Å². The predicted octanol–water partition coefficient (Wildman–Crippen LogP) is 2.13. The zero-order valence-electron chi connectivity index (χ0n) is 24.2. The number of fused-ring (bicyclic) bond motifs is 1. The molecule has 3 aliphatic heterocycles. The molecule has 0 radical (unpaired) electrons. The van der Waals surface area contributed by atoms with E-state index < -0.39 is 29.3 Å². The fraction of sp³-hybridized carbons (Fsp3) is 0.690. The van der Waals surface area contributed by atoms with Gasteiger partial charge in [-0.3, -0.25) is 19.3 Å². The zero-order valence-corrected chi connectivity index (χ0v) is 24.2. The highest BCUT2D eigenvalue weighted by atomic mass is 16.7. The number of benzene rings is 1. The largest absolute Gasteiger partial charge is 0.493 e. The Hall–Kier alpha value is -3.05. The zero-order chi connectivity index (χ0) is 29.0. The molecule has 11 nitrogen and oxygen atoms in total. The highest BCUT2D eigenvalue weighted by Gasteiger charge is 2.48. The standard InChI is InChI=1S/C29H44N4O7/c1-5-6-10-31(13-9-30)24(34)17-33-16-20(19-14-22(38-4)26-23(15-19)39-18-40-26)25(27(35)36)21(33)7-11-32-12-8-29(2,3)28(32)37/h14-15,20-21,25H,5-13,16-18,30H2,1-4H3,(H,35,36)/t20-,21+,25?/m1/s1. The summed E-state index contributed by atoms with van der Waals surface area (Å²) >= 11 is 0. The van der Waals surface area contributed by atoms with Gasteiger partial charge in [-0.1, -0.05) is 27.2 Å². The number of carboxylic acid groups (broad SMARTS) is 1. The van der Waals surface area contributed by atoms with Crippen molar-refractivity contribution in [2.24, 2.45) is 17.1 Å². The van der Waals surface area contributed by atoms with Crippen LogP contribution in [0.15, 0.2) is 12.1 Å². The highest BCUT2D eigenvalue weighted by molar-refractivity contribution is 5.84. The number of nitrogens with two attached hydrogens (primary N) is 1. The Morgan fingerprint density at radius 1 is 1.25 bits per heavy atom. The molecule has 3 atom stereocenters. The summed E-state index contributed by atoms with van der Waals surface area (Å²) < 4.78 is 16.7. The third kappa shape index (κ3) is 6.15. The topological polar surface area (TPSA) is 135 Å². The van der Waals surface area contributed by atoms with E-state index in [0.29, 0.717) is 62.9 Å². The summed E-state index contributed by atoms with van der Waals surface area (Å²) in [7, 11) is 1.54. The molecule has 1 unspecified atom stereocenters. The van der Waals surface area contributed by atoms with E-state index in [9.17, 15) is 19.5 Å². The van der Waals surface area contributed by atoms with E-state index in [0.717, 1.165) is 24.8 Å². The number of methoxy groups -OCH3 is 1. The number of hydrogen-bond donors (Lipinski definition) is 2. The molecule has 0 aromatic heterocycles. The third-order valence-electron chi connectivity index (χ3n) is 8.58. The van der Waals surface area contributed by atoms with Crippen molar-refractivity contribution in [3.8, 4) is 17.2 Å². The molecule has 3 aliphatic rings. The van der Waals surface area contributed by atoms with Gasteiger partial charge in [-0.25, -0.2) is 0 Å². The minimum absolute atomic E-state index is 0.0599. The number of hydrogen-bond acceptors (Lipinski definition) is 8. The second-order valence-corrected chi connectivity index (χ2v) is 11.7. The fourth-order valence-corrected chi connectivity index (χ4v) is 6.25. The molecule has 40 heavy (non-hydrogen) atoms. The van der Waals surface area contributed by atoms with Gasteiger partial charge in [0.2, 0.25) is 24.4 Å².